The number of rotatable bonds is 6. The lowest BCUT2D eigenvalue weighted by Crippen LogP contribution is -2.36. The van der Waals surface area contributed by atoms with Gasteiger partial charge in [0, 0.05) is 18.2 Å². The molecule has 0 saturated heterocycles. The highest BCUT2D eigenvalue weighted by molar-refractivity contribution is 7.99. The lowest BCUT2D eigenvalue weighted by molar-refractivity contribution is -0.121. The molecule has 0 aromatic carbocycles. The molecule has 1 aromatic heterocycles. The Hall–Kier alpha value is -1.11. The van der Waals surface area contributed by atoms with Crippen LogP contribution in [0.4, 0.5) is 0 Å². The predicted molar refractivity (Wildman–Crippen MR) is 90.3 cm³/mol. The standard InChI is InChI=1S/C16H27N5OS/c22-15(17-13-7-3-1-4-8-13)11-12-23-16-18-19-20-21(16)14-9-5-2-6-10-14/h13-14H,1-12H2,(H,17,22). The van der Waals surface area contributed by atoms with Crippen LogP contribution in [0.5, 0.6) is 0 Å². The molecule has 1 amide bonds. The number of hydrogen-bond donors (Lipinski definition) is 1. The topological polar surface area (TPSA) is 72.7 Å². The summed E-state index contributed by atoms with van der Waals surface area (Å²) in [6, 6.07) is 0.839. The maximum Gasteiger partial charge on any atom is 0.221 e. The third-order valence-electron chi connectivity index (χ3n) is 4.91. The van der Waals surface area contributed by atoms with E-state index in [9.17, 15) is 4.79 Å². The molecule has 128 valence electrons. The van der Waals surface area contributed by atoms with Crippen LogP contribution < -0.4 is 5.32 Å². The Morgan fingerprint density at radius 3 is 2.52 bits per heavy atom. The molecule has 2 saturated carbocycles. The molecule has 1 aromatic rings. The summed E-state index contributed by atoms with van der Waals surface area (Å²) in [6.07, 6.45) is 12.8. The minimum absolute atomic E-state index is 0.168. The number of hydrogen-bond acceptors (Lipinski definition) is 5. The Morgan fingerprint density at radius 2 is 1.78 bits per heavy atom. The highest BCUT2D eigenvalue weighted by Gasteiger charge is 2.20. The van der Waals surface area contributed by atoms with Crippen molar-refractivity contribution in [3.8, 4) is 0 Å². The van der Waals surface area contributed by atoms with Crippen molar-refractivity contribution in [1.29, 1.82) is 0 Å². The molecule has 0 unspecified atom stereocenters. The molecule has 0 radical (unpaired) electrons. The van der Waals surface area contributed by atoms with E-state index in [4.69, 9.17) is 0 Å². The van der Waals surface area contributed by atoms with E-state index in [0.29, 0.717) is 18.5 Å². The van der Waals surface area contributed by atoms with Crippen molar-refractivity contribution in [2.24, 2.45) is 0 Å². The van der Waals surface area contributed by atoms with Gasteiger partial charge in [-0.1, -0.05) is 50.3 Å². The third-order valence-corrected chi connectivity index (χ3v) is 5.85. The number of nitrogens with zero attached hydrogens (tertiary/aromatic N) is 4. The number of tetrazole rings is 1. The van der Waals surface area contributed by atoms with E-state index in [1.165, 1.54) is 51.4 Å². The van der Waals surface area contributed by atoms with E-state index in [-0.39, 0.29) is 5.91 Å². The maximum atomic E-state index is 12.0. The van der Waals surface area contributed by atoms with Crippen LogP contribution in [0.2, 0.25) is 0 Å². The molecule has 2 aliphatic carbocycles. The molecule has 0 spiro atoms. The molecule has 3 rings (SSSR count). The molecule has 2 aliphatic rings. The van der Waals surface area contributed by atoms with Crippen molar-refractivity contribution in [2.75, 3.05) is 5.75 Å². The van der Waals surface area contributed by atoms with Gasteiger partial charge in [0.1, 0.15) is 0 Å². The lowest BCUT2D eigenvalue weighted by atomic mass is 9.95. The van der Waals surface area contributed by atoms with Gasteiger partial charge >= 0.3 is 0 Å². The van der Waals surface area contributed by atoms with Crippen LogP contribution in [0.15, 0.2) is 5.16 Å². The fourth-order valence-electron chi connectivity index (χ4n) is 3.62. The summed E-state index contributed by atoms with van der Waals surface area (Å²) in [6.45, 7) is 0. The highest BCUT2D eigenvalue weighted by Crippen LogP contribution is 2.30. The quantitative estimate of drug-likeness (QED) is 0.808. The average molecular weight is 337 g/mol. The first-order valence-electron chi connectivity index (χ1n) is 9.03. The van der Waals surface area contributed by atoms with Gasteiger partial charge in [-0.3, -0.25) is 4.79 Å². The van der Waals surface area contributed by atoms with Crippen LogP contribution in [0, 0.1) is 0 Å². The zero-order valence-electron chi connectivity index (χ0n) is 13.7. The summed E-state index contributed by atoms with van der Waals surface area (Å²) in [5, 5.41) is 16.2. The van der Waals surface area contributed by atoms with Crippen LogP contribution >= 0.6 is 11.8 Å². The summed E-state index contributed by atoms with van der Waals surface area (Å²) in [4.78, 5) is 12.0. The van der Waals surface area contributed by atoms with Gasteiger partial charge in [0.2, 0.25) is 11.1 Å². The number of thioether (sulfide) groups is 1. The van der Waals surface area contributed by atoms with Crippen LogP contribution in [0.1, 0.15) is 76.7 Å². The van der Waals surface area contributed by atoms with Crippen molar-refractivity contribution in [3.05, 3.63) is 0 Å². The number of carbonyl (C=O) groups excluding carboxylic acids is 1. The van der Waals surface area contributed by atoms with Crippen LogP contribution in [0.25, 0.3) is 0 Å². The first-order valence-corrected chi connectivity index (χ1v) is 10.0. The summed E-state index contributed by atoms with van der Waals surface area (Å²) < 4.78 is 1.98. The molecular formula is C16H27N5OS. The Balaban J connectivity index is 1.41. The molecule has 1 heterocycles. The Kier molecular flexibility index (Phi) is 6.30. The molecule has 1 N–H and O–H groups in total. The van der Waals surface area contributed by atoms with Gasteiger partial charge in [-0.05, 0) is 36.1 Å². The molecule has 23 heavy (non-hydrogen) atoms. The van der Waals surface area contributed by atoms with Gasteiger partial charge in [0.25, 0.3) is 0 Å². The third kappa shape index (κ3) is 4.93. The zero-order chi connectivity index (χ0) is 15.9. The van der Waals surface area contributed by atoms with Gasteiger partial charge in [-0.2, -0.15) is 0 Å². The Bertz CT molecular complexity index is 494. The van der Waals surface area contributed by atoms with Crippen molar-refractivity contribution in [3.63, 3.8) is 0 Å². The minimum atomic E-state index is 0.168. The van der Waals surface area contributed by atoms with E-state index in [2.05, 4.69) is 20.8 Å². The van der Waals surface area contributed by atoms with Crippen LogP contribution in [-0.2, 0) is 4.79 Å². The summed E-state index contributed by atoms with van der Waals surface area (Å²) >= 11 is 1.60. The molecule has 7 heteroatoms. The maximum absolute atomic E-state index is 12.0. The second kappa shape index (κ2) is 8.66. The Labute approximate surface area is 142 Å². The number of amides is 1. The van der Waals surface area contributed by atoms with E-state index < -0.39 is 0 Å². The second-order valence-corrected chi connectivity index (χ2v) is 7.76. The normalized spacial score (nSPS) is 20.5. The van der Waals surface area contributed by atoms with E-state index in [0.717, 1.165) is 23.8 Å². The summed E-state index contributed by atoms with van der Waals surface area (Å²) in [5.41, 5.74) is 0. The van der Waals surface area contributed by atoms with Crippen molar-refractivity contribution in [1.82, 2.24) is 25.5 Å². The second-order valence-electron chi connectivity index (χ2n) is 6.70. The van der Waals surface area contributed by atoms with E-state index >= 15 is 0 Å². The van der Waals surface area contributed by atoms with Crippen molar-refractivity contribution < 1.29 is 4.79 Å². The molecule has 0 aliphatic heterocycles. The van der Waals surface area contributed by atoms with Gasteiger partial charge in [0.05, 0.1) is 6.04 Å². The van der Waals surface area contributed by atoms with Gasteiger partial charge in [-0.25, -0.2) is 4.68 Å². The van der Waals surface area contributed by atoms with Gasteiger partial charge in [0.15, 0.2) is 0 Å². The number of aromatic nitrogens is 4. The number of carbonyl (C=O) groups is 1. The predicted octanol–water partition coefficient (Wildman–Crippen LogP) is 3.11. The first-order chi connectivity index (χ1) is 11.3. The number of nitrogens with one attached hydrogen (secondary N) is 1. The molecule has 0 atom stereocenters. The largest absolute Gasteiger partial charge is 0.353 e. The fourth-order valence-corrected chi connectivity index (χ4v) is 4.50. The zero-order valence-corrected chi connectivity index (χ0v) is 14.6. The highest BCUT2D eigenvalue weighted by atomic mass is 32.2. The molecular weight excluding hydrogens is 310 g/mol. The monoisotopic (exact) mass is 337 g/mol. The Morgan fingerprint density at radius 1 is 1.09 bits per heavy atom. The van der Waals surface area contributed by atoms with Gasteiger partial charge < -0.3 is 5.32 Å². The first kappa shape index (κ1) is 16.7. The smallest absolute Gasteiger partial charge is 0.221 e. The van der Waals surface area contributed by atoms with Crippen molar-refractivity contribution in [2.45, 2.75) is 87.9 Å². The molecule has 2 fully saturated rings. The fraction of sp³-hybridized carbons (Fsp3) is 0.875. The van der Waals surface area contributed by atoms with Crippen molar-refractivity contribution >= 4 is 17.7 Å². The van der Waals surface area contributed by atoms with Gasteiger partial charge in [-0.15, -0.1) is 5.10 Å². The summed E-state index contributed by atoms with van der Waals surface area (Å²) in [7, 11) is 0. The SMILES string of the molecule is O=C(CCSc1nnnn1C1CCCCC1)NC1CCCCC1. The van der Waals surface area contributed by atoms with E-state index in [1.54, 1.807) is 11.8 Å². The van der Waals surface area contributed by atoms with Crippen LogP contribution in [-0.4, -0.2) is 37.9 Å². The molecule has 0 bridgehead atoms. The van der Waals surface area contributed by atoms with Crippen LogP contribution in [0.3, 0.4) is 0 Å². The summed E-state index contributed by atoms with van der Waals surface area (Å²) in [5.74, 6) is 0.909. The lowest BCUT2D eigenvalue weighted by Gasteiger charge is -2.23. The molecule has 6 nitrogen and oxygen atoms in total. The average Bonchev–Trinajstić information content (AvgIpc) is 3.05. The minimum Gasteiger partial charge on any atom is -0.353 e. The van der Waals surface area contributed by atoms with E-state index in [1.807, 2.05) is 4.68 Å².